The van der Waals surface area contributed by atoms with Gasteiger partial charge in [0.1, 0.15) is 12.2 Å². The van der Waals surface area contributed by atoms with E-state index in [1.54, 1.807) is 24.8 Å². The fraction of sp³-hybridized carbons (Fsp3) is 0.231. The number of nitrogens with zero attached hydrogens (tertiary/aromatic N) is 4. The van der Waals surface area contributed by atoms with Crippen LogP contribution in [0.2, 0.25) is 0 Å². The first kappa shape index (κ1) is 21.7. The predicted molar refractivity (Wildman–Crippen MR) is 129 cm³/mol. The van der Waals surface area contributed by atoms with E-state index in [0.29, 0.717) is 0 Å². The summed E-state index contributed by atoms with van der Waals surface area (Å²) in [5, 5.41) is 24.5. The first-order chi connectivity index (χ1) is 15.4. The minimum atomic E-state index is -0.802. The van der Waals surface area contributed by atoms with Crippen LogP contribution < -0.4 is 9.80 Å². The van der Waals surface area contributed by atoms with Crippen molar-refractivity contribution in [1.82, 2.24) is 9.97 Å². The zero-order chi connectivity index (χ0) is 22.8. The molecule has 32 heavy (non-hydrogen) atoms. The summed E-state index contributed by atoms with van der Waals surface area (Å²) in [5.74, 6) is 0. The molecular weight excluding hydrogens is 400 g/mol. The van der Waals surface area contributed by atoms with Crippen molar-refractivity contribution in [1.29, 1.82) is 0 Å². The molecule has 0 radical (unpaired) electrons. The highest BCUT2D eigenvalue weighted by Gasteiger charge is 2.24. The second kappa shape index (κ2) is 8.94. The van der Waals surface area contributed by atoms with Gasteiger partial charge in [-0.25, -0.2) is 0 Å². The van der Waals surface area contributed by atoms with Crippen molar-refractivity contribution in [2.75, 3.05) is 38.0 Å². The van der Waals surface area contributed by atoms with E-state index in [1.165, 1.54) is 0 Å². The third kappa shape index (κ3) is 3.90. The van der Waals surface area contributed by atoms with Crippen LogP contribution in [0.15, 0.2) is 73.3 Å². The second-order valence-corrected chi connectivity index (χ2v) is 8.26. The van der Waals surface area contributed by atoms with E-state index in [0.717, 1.165) is 44.4 Å². The van der Waals surface area contributed by atoms with Gasteiger partial charge in [0.15, 0.2) is 0 Å². The van der Waals surface area contributed by atoms with Crippen molar-refractivity contribution in [3.8, 4) is 0 Å². The number of rotatable bonds is 6. The Balaban J connectivity index is 2.00. The number of aromatic nitrogens is 2. The van der Waals surface area contributed by atoms with Crippen LogP contribution in [0, 0.1) is 0 Å². The van der Waals surface area contributed by atoms with Gasteiger partial charge in [-0.1, -0.05) is 24.3 Å². The van der Waals surface area contributed by atoms with Gasteiger partial charge < -0.3 is 20.0 Å². The Morgan fingerprint density at radius 1 is 0.594 bits per heavy atom. The van der Waals surface area contributed by atoms with Gasteiger partial charge in [0, 0.05) is 69.5 Å². The van der Waals surface area contributed by atoms with Gasteiger partial charge >= 0.3 is 0 Å². The van der Waals surface area contributed by atoms with Gasteiger partial charge in [0.25, 0.3) is 0 Å². The lowest BCUT2D eigenvalue weighted by atomic mass is 9.91. The van der Waals surface area contributed by atoms with Gasteiger partial charge in [-0.2, -0.15) is 0 Å². The largest absolute Gasteiger partial charge is 0.384 e. The molecule has 0 fully saturated rings. The van der Waals surface area contributed by atoms with Gasteiger partial charge in [-0.3, -0.25) is 9.97 Å². The third-order valence-corrected chi connectivity index (χ3v) is 5.72. The molecule has 6 nitrogen and oxygen atoms in total. The standard InChI is InChI=1S/C26H28N4O2/c1-29(2)23-20(25(31)18-9-13-27-14-10-18)7-5-17-6-8-21(24(22(17)23)30(3)4)26(32)19-11-15-28-16-12-19/h5-16,25-26,31-32H,1-4H3. The van der Waals surface area contributed by atoms with Crippen LogP contribution in [-0.2, 0) is 0 Å². The summed E-state index contributed by atoms with van der Waals surface area (Å²) in [6, 6.07) is 15.3. The summed E-state index contributed by atoms with van der Waals surface area (Å²) in [6.07, 6.45) is 5.13. The molecule has 0 aliphatic heterocycles. The summed E-state index contributed by atoms with van der Waals surface area (Å²) < 4.78 is 0. The van der Waals surface area contributed by atoms with Gasteiger partial charge in [-0.05, 0) is 40.8 Å². The summed E-state index contributed by atoms with van der Waals surface area (Å²) in [7, 11) is 7.90. The highest BCUT2D eigenvalue weighted by molar-refractivity contribution is 6.06. The van der Waals surface area contributed by atoms with Crippen LogP contribution >= 0.6 is 0 Å². The molecule has 4 rings (SSSR count). The van der Waals surface area contributed by atoms with E-state index < -0.39 is 12.2 Å². The van der Waals surface area contributed by atoms with Crippen molar-refractivity contribution in [3.63, 3.8) is 0 Å². The minimum absolute atomic E-state index is 0.779. The fourth-order valence-electron chi connectivity index (χ4n) is 4.27. The molecule has 0 spiro atoms. The molecule has 0 bridgehead atoms. The molecule has 2 aromatic carbocycles. The molecular formula is C26H28N4O2. The maximum atomic E-state index is 11.2. The SMILES string of the molecule is CN(C)c1c(C(O)c2ccncc2)ccc2ccc(C(O)c3ccncc3)c(N(C)C)c12. The maximum absolute atomic E-state index is 11.2. The zero-order valence-electron chi connectivity index (χ0n) is 18.8. The Hall–Kier alpha value is -3.48. The molecule has 0 saturated carbocycles. The van der Waals surface area contributed by atoms with Gasteiger partial charge in [-0.15, -0.1) is 0 Å². The quantitative estimate of drug-likeness (QED) is 0.485. The number of hydrogen-bond acceptors (Lipinski definition) is 6. The Morgan fingerprint density at radius 2 is 0.969 bits per heavy atom. The first-order valence-electron chi connectivity index (χ1n) is 10.5. The number of anilines is 2. The number of hydrogen-bond donors (Lipinski definition) is 2. The van der Waals surface area contributed by atoms with E-state index in [1.807, 2.05) is 86.5 Å². The lowest BCUT2D eigenvalue weighted by Crippen LogP contribution is -2.18. The number of pyridine rings is 2. The summed E-state index contributed by atoms with van der Waals surface area (Å²) in [5.41, 5.74) is 4.99. The topological polar surface area (TPSA) is 72.7 Å². The van der Waals surface area contributed by atoms with Crippen LogP contribution in [0.3, 0.4) is 0 Å². The lowest BCUT2D eigenvalue weighted by Gasteiger charge is -2.29. The number of aliphatic hydroxyl groups is 2. The van der Waals surface area contributed by atoms with Crippen LogP contribution in [-0.4, -0.2) is 48.4 Å². The molecule has 164 valence electrons. The van der Waals surface area contributed by atoms with Crippen molar-refractivity contribution in [3.05, 3.63) is 95.6 Å². The first-order valence-corrected chi connectivity index (χ1v) is 10.5. The minimum Gasteiger partial charge on any atom is -0.384 e. The van der Waals surface area contributed by atoms with Gasteiger partial charge in [0.2, 0.25) is 0 Å². The smallest absolute Gasteiger partial charge is 0.106 e. The van der Waals surface area contributed by atoms with Crippen LogP contribution in [0.25, 0.3) is 10.8 Å². The van der Waals surface area contributed by atoms with Crippen LogP contribution in [0.5, 0.6) is 0 Å². The molecule has 4 aromatic rings. The monoisotopic (exact) mass is 428 g/mol. The molecule has 2 aromatic heterocycles. The third-order valence-electron chi connectivity index (χ3n) is 5.72. The summed E-state index contributed by atoms with van der Waals surface area (Å²) in [4.78, 5) is 12.2. The Bertz CT molecular complexity index is 1120. The number of benzene rings is 2. The number of aliphatic hydroxyl groups excluding tert-OH is 2. The molecule has 0 aliphatic carbocycles. The number of fused-ring (bicyclic) bond motifs is 1. The molecule has 0 saturated heterocycles. The average Bonchev–Trinajstić information content (AvgIpc) is 2.82. The molecule has 2 atom stereocenters. The van der Waals surface area contributed by atoms with E-state index in [-0.39, 0.29) is 0 Å². The maximum Gasteiger partial charge on any atom is 0.106 e. The highest BCUT2D eigenvalue weighted by Crippen LogP contribution is 2.44. The van der Waals surface area contributed by atoms with Crippen molar-refractivity contribution in [2.45, 2.75) is 12.2 Å². The Kier molecular flexibility index (Phi) is 6.08. The van der Waals surface area contributed by atoms with E-state index in [9.17, 15) is 10.2 Å². The van der Waals surface area contributed by atoms with E-state index >= 15 is 0 Å². The zero-order valence-corrected chi connectivity index (χ0v) is 18.8. The second-order valence-electron chi connectivity index (χ2n) is 8.26. The van der Waals surface area contributed by atoms with Crippen LogP contribution in [0.1, 0.15) is 34.5 Å². The molecule has 2 heterocycles. The Morgan fingerprint density at radius 3 is 1.31 bits per heavy atom. The molecule has 6 heteroatoms. The predicted octanol–water partition coefficient (Wildman–Crippen LogP) is 3.93. The van der Waals surface area contributed by atoms with E-state index in [4.69, 9.17) is 0 Å². The van der Waals surface area contributed by atoms with Gasteiger partial charge in [0.05, 0.1) is 11.4 Å². The van der Waals surface area contributed by atoms with Crippen LogP contribution in [0.4, 0.5) is 11.4 Å². The van der Waals surface area contributed by atoms with E-state index in [2.05, 4.69) is 9.97 Å². The summed E-state index contributed by atoms with van der Waals surface area (Å²) in [6.45, 7) is 0. The molecule has 2 N–H and O–H groups in total. The lowest BCUT2D eigenvalue weighted by molar-refractivity contribution is 0.220. The molecule has 0 aliphatic rings. The normalized spacial score (nSPS) is 13.1. The van der Waals surface area contributed by atoms with Crippen molar-refractivity contribution >= 4 is 22.1 Å². The average molecular weight is 429 g/mol. The van der Waals surface area contributed by atoms with Crippen molar-refractivity contribution < 1.29 is 10.2 Å². The van der Waals surface area contributed by atoms with Crippen molar-refractivity contribution in [2.24, 2.45) is 0 Å². The molecule has 0 amide bonds. The Labute approximate surface area is 188 Å². The molecule has 2 unspecified atom stereocenters. The highest BCUT2D eigenvalue weighted by atomic mass is 16.3. The summed E-state index contributed by atoms with van der Waals surface area (Å²) >= 11 is 0. The fourth-order valence-corrected chi connectivity index (χ4v) is 4.27.